The van der Waals surface area contributed by atoms with Crippen molar-refractivity contribution in [3.8, 4) is 28.4 Å². The summed E-state index contributed by atoms with van der Waals surface area (Å²) in [4.78, 5) is 13.1. The lowest BCUT2D eigenvalue weighted by molar-refractivity contribution is -0.670. The highest BCUT2D eigenvalue weighted by atomic mass is 16.5. The van der Waals surface area contributed by atoms with Crippen molar-refractivity contribution in [1.82, 2.24) is 0 Å². The average molecular weight is 414 g/mol. The molecule has 2 atom stereocenters. The van der Waals surface area contributed by atoms with Gasteiger partial charge in [-0.05, 0) is 49.1 Å². The molecule has 2 aromatic carbocycles. The molecule has 6 nitrogen and oxygen atoms in total. The molecule has 162 valence electrons. The molecule has 0 aromatic heterocycles. The Labute approximate surface area is 178 Å². The number of quaternary nitrogens is 1. The Kier molecular flexibility index (Phi) is 6.87. The van der Waals surface area contributed by atoms with E-state index in [-0.39, 0.29) is 17.5 Å². The molecular formula is C24H33N2O4+. The topological polar surface area (TPSA) is 73.4 Å². The van der Waals surface area contributed by atoms with Crippen LogP contribution in [0.15, 0.2) is 29.1 Å². The molecule has 0 heterocycles. The molecular weight excluding hydrogens is 380 g/mol. The van der Waals surface area contributed by atoms with Gasteiger partial charge in [-0.15, -0.1) is 0 Å². The van der Waals surface area contributed by atoms with E-state index >= 15 is 0 Å². The molecule has 0 amide bonds. The minimum Gasteiger partial charge on any atom is -0.493 e. The van der Waals surface area contributed by atoms with Crippen molar-refractivity contribution >= 4 is 5.69 Å². The second-order valence-corrected chi connectivity index (χ2v) is 7.74. The van der Waals surface area contributed by atoms with Gasteiger partial charge in [0.25, 0.3) is 0 Å². The van der Waals surface area contributed by atoms with Gasteiger partial charge < -0.3 is 24.8 Å². The zero-order valence-electron chi connectivity index (χ0n) is 18.8. The minimum absolute atomic E-state index is 0.00583. The number of aryl methyl sites for hydroxylation is 1. The third-order valence-electron chi connectivity index (χ3n) is 6.00. The number of nitrogens with one attached hydrogen (secondary N) is 1. The predicted octanol–water partition coefficient (Wildman–Crippen LogP) is 3.13. The average Bonchev–Trinajstić information content (AvgIpc) is 3.00. The number of methoxy groups -OCH3 is 3. The van der Waals surface area contributed by atoms with Crippen LogP contribution in [-0.4, -0.2) is 34.4 Å². The zero-order chi connectivity index (χ0) is 21.8. The fraction of sp³-hybridized carbons (Fsp3) is 0.458. The zero-order valence-corrected chi connectivity index (χ0v) is 18.8. The Morgan fingerprint density at radius 1 is 1.13 bits per heavy atom. The van der Waals surface area contributed by atoms with Gasteiger partial charge in [-0.25, -0.2) is 0 Å². The highest BCUT2D eigenvalue weighted by Gasteiger charge is 2.29. The van der Waals surface area contributed by atoms with E-state index in [0.717, 1.165) is 41.5 Å². The van der Waals surface area contributed by atoms with Crippen LogP contribution in [0.5, 0.6) is 17.2 Å². The monoisotopic (exact) mass is 413 g/mol. The highest BCUT2D eigenvalue weighted by molar-refractivity contribution is 5.82. The Bertz CT molecular complexity index is 974. The normalized spacial score (nSPS) is 16.0. The summed E-state index contributed by atoms with van der Waals surface area (Å²) < 4.78 is 17.0. The summed E-state index contributed by atoms with van der Waals surface area (Å²) >= 11 is 0. The van der Waals surface area contributed by atoms with Gasteiger partial charge in [0.1, 0.15) is 6.04 Å². The second-order valence-electron chi connectivity index (χ2n) is 7.74. The van der Waals surface area contributed by atoms with Crippen molar-refractivity contribution in [3.05, 3.63) is 45.6 Å². The van der Waals surface area contributed by atoms with Gasteiger partial charge in [0.15, 0.2) is 11.5 Å². The van der Waals surface area contributed by atoms with Crippen molar-refractivity contribution in [2.45, 2.75) is 45.2 Å². The Balaban J connectivity index is 2.35. The number of nitrogens with two attached hydrogens (primary N) is 1. The van der Waals surface area contributed by atoms with Crippen molar-refractivity contribution in [2.75, 3.05) is 33.7 Å². The molecule has 0 spiro atoms. The molecule has 0 aliphatic heterocycles. The van der Waals surface area contributed by atoms with Crippen LogP contribution in [0.4, 0.5) is 5.69 Å². The molecule has 6 heteroatoms. The molecule has 0 unspecified atom stereocenters. The second kappa shape index (κ2) is 9.39. The first-order valence-corrected chi connectivity index (χ1v) is 10.5. The lowest BCUT2D eigenvalue weighted by Gasteiger charge is -2.19. The van der Waals surface area contributed by atoms with Crippen LogP contribution in [0.2, 0.25) is 0 Å². The number of fused-ring (bicyclic) bond motifs is 3. The Morgan fingerprint density at radius 3 is 2.47 bits per heavy atom. The van der Waals surface area contributed by atoms with E-state index < -0.39 is 0 Å². The summed E-state index contributed by atoms with van der Waals surface area (Å²) in [5.41, 5.74) is 4.74. The number of hydrogen-bond acceptors (Lipinski definition) is 5. The molecule has 1 aliphatic carbocycles. The number of anilines is 1. The SMILES string of the molecule is CC[C@H](C)Nc1ccc2c(cc1=O)[C@@H]([NH2+]C)CCc1cc(OC)c(OC)c(OC)c1-2. The number of benzene rings is 1. The molecule has 3 N–H and O–H groups in total. The van der Waals surface area contributed by atoms with Crippen LogP contribution in [0.25, 0.3) is 11.1 Å². The highest BCUT2D eigenvalue weighted by Crippen LogP contribution is 2.49. The maximum Gasteiger partial charge on any atom is 0.203 e. The number of hydrogen-bond donors (Lipinski definition) is 2. The molecule has 0 bridgehead atoms. The van der Waals surface area contributed by atoms with Gasteiger partial charge in [0, 0.05) is 23.6 Å². The predicted molar refractivity (Wildman–Crippen MR) is 120 cm³/mol. The first kappa shape index (κ1) is 22.0. The molecule has 3 rings (SSSR count). The lowest BCUT2D eigenvalue weighted by atomic mass is 9.95. The van der Waals surface area contributed by atoms with Crippen LogP contribution in [0, 0.1) is 0 Å². The quantitative estimate of drug-likeness (QED) is 0.730. The molecule has 0 saturated heterocycles. The van der Waals surface area contributed by atoms with Crippen LogP contribution < -0.4 is 30.3 Å². The number of ether oxygens (including phenoxy) is 3. The standard InChI is InChI=1S/C24H32N2O4/c1-7-14(2)26-19-11-9-16-17(13-20(19)27)18(25-3)10-8-15-12-21(28-4)23(29-5)24(30-6)22(15)16/h9,11-14,18,25H,7-8,10H2,1-6H3,(H,26,27)/p+1/t14-,18-/m0/s1. The van der Waals surface area contributed by atoms with E-state index in [9.17, 15) is 4.79 Å². The summed E-state index contributed by atoms with van der Waals surface area (Å²) in [7, 11) is 6.94. The Morgan fingerprint density at radius 2 is 1.87 bits per heavy atom. The van der Waals surface area contributed by atoms with Gasteiger partial charge in [-0.3, -0.25) is 4.79 Å². The van der Waals surface area contributed by atoms with Crippen molar-refractivity contribution in [2.24, 2.45) is 0 Å². The van der Waals surface area contributed by atoms with E-state index in [0.29, 0.717) is 22.9 Å². The number of rotatable bonds is 7. The van der Waals surface area contributed by atoms with Crippen LogP contribution >= 0.6 is 0 Å². The van der Waals surface area contributed by atoms with Crippen molar-refractivity contribution in [1.29, 1.82) is 0 Å². The molecule has 1 aliphatic rings. The van der Waals surface area contributed by atoms with E-state index in [1.54, 1.807) is 27.4 Å². The van der Waals surface area contributed by atoms with Crippen molar-refractivity contribution < 1.29 is 19.5 Å². The summed E-state index contributed by atoms with van der Waals surface area (Å²) in [5, 5.41) is 5.52. The third-order valence-corrected chi connectivity index (χ3v) is 6.00. The summed E-state index contributed by atoms with van der Waals surface area (Å²) in [6.07, 6.45) is 2.70. The Hall–Kier alpha value is -2.73. The lowest BCUT2D eigenvalue weighted by Crippen LogP contribution is -2.81. The van der Waals surface area contributed by atoms with Crippen LogP contribution in [0.3, 0.4) is 0 Å². The minimum atomic E-state index is 0.00583. The fourth-order valence-electron chi connectivity index (χ4n) is 4.18. The molecule has 0 saturated carbocycles. The van der Waals surface area contributed by atoms with Gasteiger partial charge in [0.05, 0.1) is 34.1 Å². The summed E-state index contributed by atoms with van der Waals surface area (Å²) in [5.74, 6) is 1.85. The summed E-state index contributed by atoms with van der Waals surface area (Å²) in [6.45, 7) is 4.18. The maximum atomic E-state index is 13.1. The van der Waals surface area contributed by atoms with E-state index in [1.807, 2.05) is 18.2 Å². The van der Waals surface area contributed by atoms with Crippen LogP contribution in [0.1, 0.15) is 43.9 Å². The smallest absolute Gasteiger partial charge is 0.203 e. The first-order valence-electron chi connectivity index (χ1n) is 10.5. The molecule has 2 aromatic rings. The first-order chi connectivity index (χ1) is 14.5. The fourth-order valence-corrected chi connectivity index (χ4v) is 4.18. The van der Waals surface area contributed by atoms with Gasteiger partial charge in [-0.2, -0.15) is 0 Å². The van der Waals surface area contributed by atoms with Gasteiger partial charge in [0.2, 0.25) is 11.2 Å². The van der Waals surface area contributed by atoms with Gasteiger partial charge in [-0.1, -0.05) is 13.0 Å². The molecule has 0 fully saturated rings. The largest absolute Gasteiger partial charge is 0.493 e. The molecule has 0 radical (unpaired) electrons. The third kappa shape index (κ3) is 3.97. The van der Waals surface area contributed by atoms with E-state index in [1.165, 1.54) is 0 Å². The maximum absolute atomic E-state index is 13.1. The van der Waals surface area contributed by atoms with E-state index in [4.69, 9.17) is 14.2 Å². The van der Waals surface area contributed by atoms with E-state index in [2.05, 4.69) is 31.5 Å². The molecule has 30 heavy (non-hydrogen) atoms. The summed E-state index contributed by atoms with van der Waals surface area (Å²) in [6, 6.07) is 8.14. The van der Waals surface area contributed by atoms with Gasteiger partial charge >= 0.3 is 0 Å². The van der Waals surface area contributed by atoms with Crippen molar-refractivity contribution in [3.63, 3.8) is 0 Å². The van der Waals surface area contributed by atoms with Crippen LogP contribution in [-0.2, 0) is 6.42 Å².